The number of benzene rings is 2. The van der Waals surface area contributed by atoms with E-state index in [1.165, 1.54) is 26.2 Å². The largest absolute Gasteiger partial charge is 0.495 e. The molecule has 186 valence electrons. The fourth-order valence-electron chi connectivity index (χ4n) is 2.80. The normalized spacial score (nSPS) is 10.6. The topological polar surface area (TPSA) is 188 Å². The van der Waals surface area contributed by atoms with Crippen molar-refractivity contribution in [2.75, 3.05) is 30.9 Å². The number of nitrogens with one attached hydrogen (secondary N) is 2. The molecular formula is C20H21FN6O8. The van der Waals surface area contributed by atoms with E-state index in [1.807, 2.05) is 0 Å². The number of amides is 1. The van der Waals surface area contributed by atoms with Crippen LogP contribution in [0.2, 0.25) is 0 Å². The number of ether oxygens (including phenoxy) is 2. The molecule has 0 unspecified atom stereocenters. The minimum Gasteiger partial charge on any atom is -0.495 e. The first-order chi connectivity index (χ1) is 16.6. The van der Waals surface area contributed by atoms with Crippen molar-refractivity contribution in [1.29, 1.82) is 0 Å². The van der Waals surface area contributed by atoms with E-state index in [0.717, 1.165) is 0 Å². The first-order valence-electron chi connectivity index (χ1n) is 10.0. The van der Waals surface area contributed by atoms with Crippen LogP contribution in [-0.4, -0.2) is 42.0 Å². The molecule has 2 rings (SSSR count). The van der Waals surface area contributed by atoms with E-state index in [9.17, 15) is 34.2 Å². The van der Waals surface area contributed by atoms with Crippen LogP contribution in [-0.2, 0) is 14.3 Å². The van der Waals surface area contributed by atoms with Crippen molar-refractivity contribution in [2.24, 2.45) is 10.2 Å². The number of nitrogens with zero attached hydrogens (tertiary/aromatic N) is 4. The Morgan fingerprint density at radius 2 is 1.69 bits per heavy atom. The van der Waals surface area contributed by atoms with Crippen molar-refractivity contribution < 1.29 is 33.3 Å². The summed E-state index contributed by atoms with van der Waals surface area (Å²) < 4.78 is 24.2. The van der Waals surface area contributed by atoms with E-state index in [-0.39, 0.29) is 36.7 Å². The number of azo groups is 1. The van der Waals surface area contributed by atoms with Crippen molar-refractivity contribution in [3.8, 4) is 5.75 Å². The standard InChI is InChI=1S/C20H21FN6O8/c1-4-35-20(29)5-6-22-16-8-13(23-11(2)28)14(9-19(16)34-3)24-25-15-7-12(21)17(26(30)31)10-18(15)27(32)33/h7-10,22H,4-6H2,1-3H3,(H,23,28)/b25-24+. The third kappa shape index (κ3) is 7.15. The molecule has 0 fully saturated rings. The van der Waals surface area contributed by atoms with Gasteiger partial charge in [-0.25, -0.2) is 0 Å². The molecular weight excluding hydrogens is 471 g/mol. The van der Waals surface area contributed by atoms with Gasteiger partial charge in [-0.05, 0) is 13.0 Å². The van der Waals surface area contributed by atoms with Crippen molar-refractivity contribution in [3.63, 3.8) is 0 Å². The molecule has 0 aromatic heterocycles. The number of halogens is 1. The lowest BCUT2D eigenvalue weighted by Gasteiger charge is -2.15. The van der Waals surface area contributed by atoms with Crippen molar-refractivity contribution in [2.45, 2.75) is 20.3 Å². The number of hydrogen-bond acceptors (Lipinski definition) is 11. The van der Waals surface area contributed by atoms with Crippen LogP contribution in [0.25, 0.3) is 0 Å². The second kappa shape index (κ2) is 12.0. The summed E-state index contributed by atoms with van der Waals surface area (Å²) in [6.45, 7) is 3.34. The van der Waals surface area contributed by atoms with E-state index in [0.29, 0.717) is 17.8 Å². The Labute approximate surface area is 197 Å². The minimum atomic E-state index is -1.34. The smallest absolute Gasteiger partial charge is 0.311 e. The maximum absolute atomic E-state index is 14.0. The van der Waals surface area contributed by atoms with Gasteiger partial charge in [0.2, 0.25) is 11.7 Å². The Morgan fingerprint density at radius 3 is 2.26 bits per heavy atom. The first kappa shape index (κ1) is 26.6. The molecule has 2 aromatic carbocycles. The zero-order valence-electron chi connectivity index (χ0n) is 18.9. The molecule has 1 amide bonds. The van der Waals surface area contributed by atoms with Crippen LogP contribution in [0.4, 0.5) is 38.5 Å². The van der Waals surface area contributed by atoms with Gasteiger partial charge in [0.05, 0.1) is 47.4 Å². The van der Waals surface area contributed by atoms with E-state index in [2.05, 4.69) is 20.9 Å². The van der Waals surface area contributed by atoms with Crippen LogP contribution in [0, 0.1) is 26.0 Å². The average molecular weight is 492 g/mol. The van der Waals surface area contributed by atoms with Crippen molar-refractivity contribution in [1.82, 2.24) is 0 Å². The van der Waals surface area contributed by atoms with Crippen LogP contribution in [0.15, 0.2) is 34.5 Å². The molecule has 0 radical (unpaired) electrons. The molecule has 14 nitrogen and oxygen atoms in total. The van der Waals surface area contributed by atoms with Gasteiger partial charge < -0.3 is 20.1 Å². The number of carbonyl (C=O) groups is 2. The van der Waals surface area contributed by atoms with Gasteiger partial charge in [-0.3, -0.25) is 29.8 Å². The maximum Gasteiger partial charge on any atom is 0.311 e. The molecule has 0 bridgehead atoms. The second-order valence-corrected chi connectivity index (χ2v) is 6.74. The quantitative estimate of drug-likeness (QED) is 0.198. The van der Waals surface area contributed by atoms with Gasteiger partial charge in [-0.2, -0.15) is 4.39 Å². The molecule has 2 aromatic rings. The predicted octanol–water partition coefficient (Wildman–Crippen LogP) is 4.39. The van der Waals surface area contributed by atoms with Crippen LogP contribution in [0.5, 0.6) is 5.75 Å². The van der Waals surface area contributed by atoms with Crippen LogP contribution in [0.3, 0.4) is 0 Å². The number of anilines is 2. The Bertz CT molecular complexity index is 1190. The summed E-state index contributed by atoms with van der Waals surface area (Å²) in [5.41, 5.74) is -2.03. The monoisotopic (exact) mass is 492 g/mol. The summed E-state index contributed by atoms with van der Waals surface area (Å²) >= 11 is 0. The predicted molar refractivity (Wildman–Crippen MR) is 121 cm³/mol. The van der Waals surface area contributed by atoms with E-state index < -0.39 is 44.6 Å². The van der Waals surface area contributed by atoms with Crippen molar-refractivity contribution >= 4 is 46.0 Å². The average Bonchev–Trinajstić information content (AvgIpc) is 2.77. The van der Waals surface area contributed by atoms with Crippen LogP contribution in [0.1, 0.15) is 20.3 Å². The number of carbonyl (C=O) groups excluding carboxylic acids is 2. The molecule has 0 aliphatic heterocycles. The molecule has 2 N–H and O–H groups in total. The summed E-state index contributed by atoms with van der Waals surface area (Å²) in [7, 11) is 1.35. The lowest BCUT2D eigenvalue weighted by molar-refractivity contribution is -0.395. The van der Waals surface area contributed by atoms with Gasteiger partial charge in [0, 0.05) is 25.6 Å². The van der Waals surface area contributed by atoms with E-state index in [4.69, 9.17) is 9.47 Å². The zero-order valence-corrected chi connectivity index (χ0v) is 18.9. The van der Waals surface area contributed by atoms with E-state index >= 15 is 0 Å². The van der Waals surface area contributed by atoms with Crippen molar-refractivity contribution in [3.05, 3.63) is 50.3 Å². The lowest BCUT2D eigenvalue weighted by Crippen LogP contribution is -2.12. The summed E-state index contributed by atoms with van der Waals surface area (Å²) in [5.74, 6) is -2.00. The molecule has 0 saturated heterocycles. The fourth-order valence-corrected chi connectivity index (χ4v) is 2.80. The fraction of sp³-hybridized carbons (Fsp3) is 0.300. The van der Waals surface area contributed by atoms with Gasteiger partial charge in [0.25, 0.3) is 0 Å². The molecule has 0 saturated carbocycles. The van der Waals surface area contributed by atoms with Gasteiger partial charge in [-0.15, -0.1) is 10.2 Å². The molecule has 0 aliphatic rings. The minimum absolute atomic E-state index is 0.0129. The highest BCUT2D eigenvalue weighted by atomic mass is 19.1. The number of hydrogen-bond donors (Lipinski definition) is 2. The third-order valence-electron chi connectivity index (χ3n) is 4.28. The molecule has 0 aliphatic carbocycles. The number of nitro benzene ring substituents is 2. The Kier molecular flexibility index (Phi) is 9.08. The maximum atomic E-state index is 14.0. The van der Waals surface area contributed by atoms with Crippen LogP contribution >= 0.6 is 0 Å². The van der Waals surface area contributed by atoms with Gasteiger partial charge in [-0.1, -0.05) is 0 Å². The lowest BCUT2D eigenvalue weighted by atomic mass is 10.2. The summed E-state index contributed by atoms with van der Waals surface area (Å²) in [4.78, 5) is 43.3. The van der Waals surface area contributed by atoms with E-state index in [1.54, 1.807) is 6.92 Å². The number of rotatable bonds is 11. The Morgan fingerprint density at radius 1 is 1.03 bits per heavy atom. The summed E-state index contributed by atoms with van der Waals surface area (Å²) in [6.07, 6.45) is 0.0588. The third-order valence-corrected chi connectivity index (χ3v) is 4.28. The summed E-state index contributed by atoms with van der Waals surface area (Å²) in [5, 5.41) is 35.2. The van der Waals surface area contributed by atoms with Gasteiger partial charge in [0.15, 0.2) is 5.69 Å². The summed E-state index contributed by atoms with van der Waals surface area (Å²) in [6, 6.07) is 3.73. The molecule has 0 atom stereocenters. The number of methoxy groups -OCH3 is 1. The molecule has 35 heavy (non-hydrogen) atoms. The molecule has 15 heteroatoms. The highest BCUT2D eigenvalue weighted by molar-refractivity contribution is 5.93. The molecule has 0 spiro atoms. The SMILES string of the molecule is CCOC(=O)CCNc1cc(NC(C)=O)c(/N=N/c2cc(F)c([N+](=O)[O-])cc2[N+](=O)[O-])cc1OC. The second-order valence-electron chi connectivity index (χ2n) is 6.74. The van der Waals surface area contributed by atoms with Gasteiger partial charge >= 0.3 is 17.3 Å². The Hall–Kier alpha value is -4.69. The molecule has 0 heterocycles. The number of esters is 1. The number of nitro groups is 2. The highest BCUT2D eigenvalue weighted by Crippen LogP contribution is 2.39. The Balaban J connectivity index is 2.46. The first-order valence-corrected chi connectivity index (χ1v) is 10.0. The highest BCUT2D eigenvalue weighted by Gasteiger charge is 2.25. The van der Waals surface area contributed by atoms with Gasteiger partial charge in [0.1, 0.15) is 11.4 Å². The van der Waals surface area contributed by atoms with Crippen LogP contribution < -0.4 is 15.4 Å². The zero-order chi connectivity index (χ0) is 26.1.